The Labute approximate surface area is 240 Å². The fraction of sp³-hybridized carbons (Fsp3) is 0.0811. The number of nitrogens with zero attached hydrogens (tertiary/aromatic N) is 4. The lowest BCUT2D eigenvalue weighted by atomic mass is 10.0. The molecule has 4 nitrogen and oxygen atoms in total. The molecule has 41 heavy (non-hydrogen) atoms. The normalized spacial score (nSPS) is 11.4. The molecule has 0 saturated heterocycles. The third kappa shape index (κ3) is 5.73. The molecule has 6 rings (SSSR count). The number of hydrogen-bond acceptors (Lipinski definition) is 4. The summed E-state index contributed by atoms with van der Waals surface area (Å²) in [7, 11) is 0. The zero-order valence-corrected chi connectivity index (χ0v) is 23.2. The average Bonchev–Trinajstić information content (AvgIpc) is 3.03. The Morgan fingerprint density at radius 2 is 1.15 bits per heavy atom. The Kier molecular flexibility index (Phi) is 7.29. The average molecular weight is 531 g/mol. The minimum Gasteiger partial charge on any atom is -0.260 e. The summed E-state index contributed by atoms with van der Waals surface area (Å²) >= 11 is 0. The lowest BCUT2D eigenvalue weighted by Crippen LogP contribution is -2.00. The number of pyridine rings is 1. The van der Waals surface area contributed by atoms with Gasteiger partial charge in [-0.15, -0.1) is 0 Å². The molecule has 0 amide bonds. The van der Waals surface area contributed by atoms with Crippen LogP contribution in [-0.4, -0.2) is 19.9 Å². The van der Waals surface area contributed by atoms with Gasteiger partial charge < -0.3 is 0 Å². The first-order valence-corrected chi connectivity index (χ1v) is 13.8. The van der Waals surface area contributed by atoms with E-state index in [0.717, 1.165) is 44.5 Å². The van der Waals surface area contributed by atoms with Gasteiger partial charge in [0.1, 0.15) is 0 Å². The van der Waals surface area contributed by atoms with Crippen molar-refractivity contribution in [3.05, 3.63) is 139 Å². The predicted molar refractivity (Wildman–Crippen MR) is 170 cm³/mol. The van der Waals surface area contributed by atoms with Crippen LogP contribution in [0.2, 0.25) is 0 Å². The van der Waals surface area contributed by atoms with E-state index in [2.05, 4.69) is 104 Å². The Hall–Kier alpha value is -5.22. The molecule has 0 radical (unpaired) electrons. The molecule has 0 aliphatic rings. The number of allylic oxidation sites excluding steroid dienone is 2. The molecule has 0 bridgehead atoms. The van der Waals surface area contributed by atoms with Gasteiger partial charge >= 0.3 is 0 Å². The van der Waals surface area contributed by atoms with Gasteiger partial charge in [-0.1, -0.05) is 130 Å². The molecule has 0 aliphatic carbocycles. The summed E-state index contributed by atoms with van der Waals surface area (Å²) in [6.07, 6.45) is 7.65. The van der Waals surface area contributed by atoms with E-state index in [1.54, 1.807) is 6.08 Å². The first kappa shape index (κ1) is 26.0. The molecule has 0 N–H and O–H groups in total. The van der Waals surface area contributed by atoms with E-state index in [4.69, 9.17) is 15.0 Å². The van der Waals surface area contributed by atoms with Crippen LogP contribution in [0.3, 0.4) is 0 Å². The summed E-state index contributed by atoms with van der Waals surface area (Å²) in [6.45, 7) is 8.06. The van der Waals surface area contributed by atoms with E-state index < -0.39 is 0 Å². The second-order valence-electron chi connectivity index (χ2n) is 10.3. The van der Waals surface area contributed by atoms with Crippen LogP contribution in [0.15, 0.2) is 128 Å². The van der Waals surface area contributed by atoms with Gasteiger partial charge in [-0.25, -0.2) is 15.0 Å². The summed E-state index contributed by atoms with van der Waals surface area (Å²) in [4.78, 5) is 19.4. The summed E-state index contributed by atoms with van der Waals surface area (Å²) in [5.41, 5.74) is 7.17. The molecule has 4 heteroatoms. The Balaban J connectivity index is 1.41. The predicted octanol–water partition coefficient (Wildman–Crippen LogP) is 9.41. The molecule has 2 aromatic heterocycles. The molecule has 0 atom stereocenters. The van der Waals surface area contributed by atoms with Crippen molar-refractivity contribution in [2.75, 3.05) is 0 Å². The Morgan fingerprint density at radius 1 is 0.585 bits per heavy atom. The smallest absolute Gasteiger partial charge is 0.164 e. The van der Waals surface area contributed by atoms with E-state index in [-0.39, 0.29) is 0 Å². The van der Waals surface area contributed by atoms with Gasteiger partial charge in [-0.2, -0.15) is 0 Å². The van der Waals surface area contributed by atoms with Crippen molar-refractivity contribution in [2.24, 2.45) is 0 Å². The van der Waals surface area contributed by atoms with Crippen LogP contribution < -0.4 is 0 Å². The second-order valence-corrected chi connectivity index (χ2v) is 10.3. The molecule has 0 unspecified atom stereocenters. The lowest BCUT2D eigenvalue weighted by Gasteiger charge is -2.10. The molecule has 0 fully saturated rings. The third-order valence-corrected chi connectivity index (χ3v) is 7.09. The van der Waals surface area contributed by atoms with Gasteiger partial charge in [0.2, 0.25) is 0 Å². The molecular weight excluding hydrogens is 500 g/mol. The van der Waals surface area contributed by atoms with E-state index >= 15 is 0 Å². The maximum absolute atomic E-state index is 4.94. The van der Waals surface area contributed by atoms with Crippen LogP contribution in [-0.2, 0) is 0 Å². The quantitative estimate of drug-likeness (QED) is 0.193. The highest BCUT2D eigenvalue weighted by atomic mass is 15.0. The van der Waals surface area contributed by atoms with Crippen molar-refractivity contribution >= 4 is 16.8 Å². The van der Waals surface area contributed by atoms with Crippen LogP contribution in [0.4, 0.5) is 0 Å². The van der Waals surface area contributed by atoms with E-state index in [1.165, 1.54) is 5.39 Å². The summed E-state index contributed by atoms with van der Waals surface area (Å²) in [5.74, 6) is 2.31. The number of hydrogen-bond donors (Lipinski definition) is 0. The van der Waals surface area contributed by atoms with Gasteiger partial charge in [0.25, 0.3) is 0 Å². The van der Waals surface area contributed by atoms with Crippen molar-refractivity contribution in [1.82, 2.24) is 19.9 Å². The first-order chi connectivity index (χ1) is 20.1. The van der Waals surface area contributed by atoms with E-state index in [1.807, 2.05) is 42.6 Å². The minimum atomic E-state index is 0.404. The Bertz CT molecular complexity index is 1850. The van der Waals surface area contributed by atoms with Crippen LogP contribution in [0.5, 0.6) is 0 Å². The standard InChI is InChI=1S/C37H30N4/c1-4-5-8-26-11-13-29(14-12-26)35-39-36(41-37(40-35)32-20-17-27-9-6-7-10-31(27)23-32)30-18-15-28(16-19-30)33-21-22-34(25(2)3)38-24-33/h4-25H,1H2,2-3H3/b8-5-. The van der Waals surface area contributed by atoms with Gasteiger partial charge in [0.15, 0.2) is 17.5 Å². The van der Waals surface area contributed by atoms with Gasteiger partial charge in [-0.05, 0) is 39.9 Å². The van der Waals surface area contributed by atoms with E-state index in [9.17, 15) is 0 Å². The minimum absolute atomic E-state index is 0.404. The molecule has 0 spiro atoms. The summed E-state index contributed by atoms with van der Waals surface area (Å²) < 4.78 is 0. The monoisotopic (exact) mass is 530 g/mol. The van der Waals surface area contributed by atoms with Crippen LogP contribution in [0.1, 0.15) is 31.0 Å². The molecule has 4 aromatic carbocycles. The van der Waals surface area contributed by atoms with Crippen molar-refractivity contribution < 1.29 is 0 Å². The van der Waals surface area contributed by atoms with Gasteiger partial charge in [0, 0.05) is 34.1 Å². The Morgan fingerprint density at radius 3 is 1.76 bits per heavy atom. The third-order valence-electron chi connectivity index (χ3n) is 7.09. The zero-order valence-electron chi connectivity index (χ0n) is 23.2. The topological polar surface area (TPSA) is 51.6 Å². The van der Waals surface area contributed by atoms with Crippen molar-refractivity contribution in [3.63, 3.8) is 0 Å². The number of aromatic nitrogens is 4. The summed E-state index contributed by atoms with van der Waals surface area (Å²) in [6, 6.07) is 35.4. The van der Waals surface area contributed by atoms with Gasteiger partial charge in [-0.3, -0.25) is 4.98 Å². The van der Waals surface area contributed by atoms with Crippen LogP contribution in [0.25, 0.3) is 62.1 Å². The largest absolute Gasteiger partial charge is 0.260 e. The fourth-order valence-corrected chi connectivity index (χ4v) is 4.74. The van der Waals surface area contributed by atoms with E-state index in [0.29, 0.717) is 23.4 Å². The van der Waals surface area contributed by atoms with Crippen LogP contribution >= 0.6 is 0 Å². The highest BCUT2D eigenvalue weighted by Crippen LogP contribution is 2.29. The van der Waals surface area contributed by atoms with Crippen molar-refractivity contribution in [1.29, 1.82) is 0 Å². The molecule has 6 aromatic rings. The van der Waals surface area contributed by atoms with Gasteiger partial charge in [0.05, 0.1) is 0 Å². The molecule has 2 heterocycles. The molecule has 198 valence electrons. The lowest BCUT2D eigenvalue weighted by molar-refractivity contribution is 0.823. The number of fused-ring (bicyclic) bond motifs is 1. The molecule has 0 saturated carbocycles. The highest BCUT2D eigenvalue weighted by Gasteiger charge is 2.13. The summed E-state index contributed by atoms with van der Waals surface area (Å²) in [5, 5.41) is 2.33. The zero-order chi connectivity index (χ0) is 28.2. The number of benzene rings is 4. The molecular formula is C37H30N4. The second kappa shape index (κ2) is 11.5. The maximum atomic E-state index is 4.94. The van der Waals surface area contributed by atoms with Crippen LogP contribution in [0, 0.1) is 0 Å². The molecule has 0 aliphatic heterocycles. The number of rotatable bonds is 7. The van der Waals surface area contributed by atoms with Crippen molar-refractivity contribution in [2.45, 2.75) is 19.8 Å². The SMILES string of the molecule is C=C/C=C\c1ccc(-c2nc(-c3ccc(-c4ccc(C(C)C)nc4)cc3)nc(-c3ccc4ccccc4c3)n2)cc1. The maximum Gasteiger partial charge on any atom is 0.164 e. The highest BCUT2D eigenvalue weighted by molar-refractivity contribution is 5.86. The van der Waals surface area contributed by atoms with Crippen molar-refractivity contribution in [3.8, 4) is 45.3 Å². The first-order valence-electron chi connectivity index (χ1n) is 13.8. The fourth-order valence-electron chi connectivity index (χ4n) is 4.74.